The molecular weight excluding hydrogens is 390 g/mol. The Balaban J connectivity index is 1.94. The van der Waals surface area contributed by atoms with Gasteiger partial charge < -0.3 is 20.1 Å². The predicted molar refractivity (Wildman–Crippen MR) is 124 cm³/mol. The maximum absolute atomic E-state index is 12.6. The minimum atomic E-state index is -0.297. The Hall–Kier alpha value is -2.73. The zero-order valence-electron chi connectivity index (χ0n) is 19.5. The van der Waals surface area contributed by atoms with E-state index in [1.807, 2.05) is 26.8 Å². The van der Waals surface area contributed by atoms with Gasteiger partial charge in [0.1, 0.15) is 0 Å². The standard InChI is InChI=1S/C25H35N3O3/c1-17(26-24(29)27-25(2,3)4)23-20-15-22(31-6)21(30-5)14-19(20)12-13-28(23)16-18-10-8-7-9-11-18/h7-11,14-15,17,23H,12-13,16H2,1-6H3,(H2,26,27,29)/t17-,23+/m1/s1. The first-order valence-electron chi connectivity index (χ1n) is 10.8. The van der Waals surface area contributed by atoms with E-state index in [2.05, 4.69) is 58.9 Å². The number of fused-ring (bicyclic) bond motifs is 1. The van der Waals surface area contributed by atoms with Gasteiger partial charge in [-0.2, -0.15) is 0 Å². The molecule has 2 atom stereocenters. The van der Waals surface area contributed by atoms with Crippen LogP contribution in [0.15, 0.2) is 42.5 Å². The van der Waals surface area contributed by atoms with Crippen molar-refractivity contribution in [2.45, 2.75) is 58.3 Å². The van der Waals surface area contributed by atoms with Crippen LogP contribution < -0.4 is 20.1 Å². The highest BCUT2D eigenvalue weighted by atomic mass is 16.5. The molecule has 2 amide bonds. The number of nitrogens with one attached hydrogen (secondary N) is 2. The van der Waals surface area contributed by atoms with E-state index in [9.17, 15) is 4.79 Å². The van der Waals surface area contributed by atoms with Gasteiger partial charge in [0.2, 0.25) is 0 Å². The second kappa shape index (κ2) is 9.60. The molecular formula is C25H35N3O3. The number of rotatable bonds is 6. The van der Waals surface area contributed by atoms with Crippen molar-refractivity contribution in [3.8, 4) is 11.5 Å². The Morgan fingerprint density at radius 1 is 1.13 bits per heavy atom. The van der Waals surface area contributed by atoms with E-state index < -0.39 is 0 Å². The monoisotopic (exact) mass is 425 g/mol. The second-order valence-corrected chi connectivity index (χ2v) is 9.19. The third-order valence-corrected chi connectivity index (χ3v) is 5.58. The Labute approximate surface area is 185 Å². The smallest absolute Gasteiger partial charge is 0.315 e. The van der Waals surface area contributed by atoms with Crippen molar-refractivity contribution in [3.63, 3.8) is 0 Å². The number of urea groups is 1. The average Bonchev–Trinajstić information content (AvgIpc) is 2.71. The zero-order valence-corrected chi connectivity index (χ0v) is 19.5. The van der Waals surface area contributed by atoms with Crippen LogP contribution in [0.2, 0.25) is 0 Å². The Morgan fingerprint density at radius 2 is 1.77 bits per heavy atom. The van der Waals surface area contributed by atoms with Crippen molar-refractivity contribution in [2.75, 3.05) is 20.8 Å². The van der Waals surface area contributed by atoms with E-state index in [4.69, 9.17) is 9.47 Å². The van der Waals surface area contributed by atoms with Crippen LogP contribution in [0.4, 0.5) is 4.79 Å². The summed E-state index contributed by atoms with van der Waals surface area (Å²) < 4.78 is 11.1. The summed E-state index contributed by atoms with van der Waals surface area (Å²) in [6.07, 6.45) is 0.917. The molecule has 2 aromatic carbocycles. The van der Waals surface area contributed by atoms with Gasteiger partial charge in [-0.25, -0.2) is 4.79 Å². The van der Waals surface area contributed by atoms with E-state index in [1.165, 1.54) is 16.7 Å². The zero-order chi connectivity index (χ0) is 22.6. The van der Waals surface area contributed by atoms with Crippen LogP contribution in [0.25, 0.3) is 0 Å². The molecule has 0 aromatic heterocycles. The lowest BCUT2D eigenvalue weighted by Gasteiger charge is -2.41. The summed E-state index contributed by atoms with van der Waals surface area (Å²) >= 11 is 0. The van der Waals surface area contributed by atoms with Crippen LogP contribution in [0.1, 0.15) is 50.4 Å². The van der Waals surface area contributed by atoms with Gasteiger partial charge in [0.15, 0.2) is 11.5 Å². The molecule has 1 aliphatic rings. The fourth-order valence-corrected chi connectivity index (χ4v) is 4.27. The van der Waals surface area contributed by atoms with E-state index in [0.29, 0.717) is 5.75 Å². The Morgan fingerprint density at radius 3 is 2.39 bits per heavy atom. The van der Waals surface area contributed by atoms with Gasteiger partial charge in [-0.3, -0.25) is 4.90 Å². The van der Waals surface area contributed by atoms with E-state index in [0.717, 1.165) is 25.3 Å². The number of amides is 2. The third-order valence-electron chi connectivity index (χ3n) is 5.58. The summed E-state index contributed by atoms with van der Waals surface area (Å²) in [7, 11) is 3.32. The highest BCUT2D eigenvalue weighted by molar-refractivity contribution is 5.75. The molecule has 31 heavy (non-hydrogen) atoms. The molecule has 3 rings (SSSR count). The molecule has 0 bridgehead atoms. The fourth-order valence-electron chi connectivity index (χ4n) is 4.27. The number of nitrogens with zero attached hydrogens (tertiary/aromatic N) is 1. The second-order valence-electron chi connectivity index (χ2n) is 9.19. The number of carbonyl (C=O) groups excluding carboxylic acids is 1. The number of hydrogen-bond acceptors (Lipinski definition) is 4. The Bertz CT molecular complexity index is 893. The lowest BCUT2D eigenvalue weighted by Crippen LogP contribution is -2.53. The summed E-state index contributed by atoms with van der Waals surface area (Å²) in [6.45, 7) is 9.71. The highest BCUT2D eigenvalue weighted by Crippen LogP contribution is 2.40. The van der Waals surface area contributed by atoms with Gasteiger partial charge in [-0.05, 0) is 62.9 Å². The predicted octanol–water partition coefficient (Wildman–Crippen LogP) is 4.29. The Kier molecular flexibility index (Phi) is 7.11. The first-order valence-corrected chi connectivity index (χ1v) is 10.8. The molecule has 0 spiro atoms. The van der Waals surface area contributed by atoms with Gasteiger partial charge in [-0.15, -0.1) is 0 Å². The molecule has 1 heterocycles. The third kappa shape index (κ3) is 5.70. The van der Waals surface area contributed by atoms with Gasteiger partial charge in [0.25, 0.3) is 0 Å². The van der Waals surface area contributed by atoms with Crippen molar-refractivity contribution >= 4 is 6.03 Å². The molecule has 0 saturated heterocycles. The average molecular weight is 426 g/mol. The maximum Gasteiger partial charge on any atom is 0.315 e. The normalized spacial score (nSPS) is 17.4. The van der Waals surface area contributed by atoms with Crippen LogP contribution in [0, 0.1) is 0 Å². The van der Waals surface area contributed by atoms with Crippen LogP contribution in [-0.2, 0) is 13.0 Å². The largest absolute Gasteiger partial charge is 0.493 e. The molecule has 2 aromatic rings. The summed E-state index contributed by atoms with van der Waals surface area (Å²) in [5.41, 5.74) is 3.36. The molecule has 0 saturated carbocycles. The quantitative estimate of drug-likeness (QED) is 0.725. The number of carbonyl (C=O) groups is 1. The molecule has 168 valence electrons. The summed E-state index contributed by atoms with van der Waals surface area (Å²) in [4.78, 5) is 15.1. The van der Waals surface area contributed by atoms with Crippen LogP contribution in [0.3, 0.4) is 0 Å². The minimum absolute atomic E-state index is 0.00878. The van der Waals surface area contributed by atoms with Crippen molar-refractivity contribution in [1.82, 2.24) is 15.5 Å². The minimum Gasteiger partial charge on any atom is -0.493 e. The number of ether oxygens (including phenoxy) is 2. The molecule has 6 heteroatoms. The lowest BCUT2D eigenvalue weighted by molar-refractivity contribution is 0.142. The molecule has 1 aliphatic heterocycles. The SMILES string of the molecule is COc1cc2c(cc1OC)[C@H]([C@@H](C)NC(=O)NC(C)(C)C)N(Cc1ccccc1)CC2. The van der Waals surface area contributed by atoms with Crippen LogP contribution in [0.5, 0.6) is 11.5 Å². The number of methoxy groups -OCH3 is 2. The van der Waals surface area contributed by atoms with Crippen molar-refractivity contribution < 1.29 is 14.3 Å². The molecule has 2 N–H and O–H groups in total. The van der Waals surface area contributed by atoms with Gasteiger partial charge in [0, 0.05) is 24.7 Å². The van der Waals surface area contributed by atoms with Crippen molar-refractivity contribution in [2.24, 2.45) is 0 Å². The molecule has 0 aliphatic carbocycles. The van der Waals surface area contributed by atoms with Crippen LogP contribution >= 0.6 is 0 Å². The summed E-state index contributed by atoms with van der Waals surface area (Å²) in [5, 5.41) is 6.17. The fraction of sp³-hybridized carbons (Fsp3) is 0.480. The number of benzene rings is 2. The van der Waals surface area contributed by atoms with Crippen LogP contribution in [-0.4, -0.2) is 43.3 Å². The molecule has 0 radical (unpaired) electrons. The topological polar surface area (TPSA) is 62.8 Å². The molecule has 6 nitrogen and oxygen atoms in total. The summed E-state index contributed by atoms with van der Waals surface area (Å²) in [5.74, 6) is 1.45. The first kappa shape index (κ1) is 22.9. The first-order chi connectivity index (χ1) is 14.7. The molecule has 0 unspecified atom stereocenters. The van der Waals surface area contributed by atoms with Gasteiger partial charge in [0.05, 0.1) is 20.3 Å². The van der Waals surface area contributed by atoms with Crippen molar-refractivity contribution in [3.05, 3.63) is 59.2 Å². The lowest BCUT2D eigenvalue weighted by atomic mass is 9.87. The van der Waals surface area contributed by atoms with Crippen molar-refractivity contribution in [1.29, 1.82) is 0 Å². The molecule has 0 fully saturated rings. The van der Waals surface area contributed by atoms with E-state index in [-0.39, 0.29) is 23.7 Å². The summed E-state index contributed by atoms with van der Waals surface area (Å²) in [6, 6.07) is 14.3. The van der Waals surface area contributed by atoms with Gasteiger partial charge in [-0.1, -0.05) is 30.3 Å². The highest BCUT2D eigenvalue weighted by Gasteiger charge is 2.34. The number of hydrogen-bond donors (Lipinski definition) is 2. The van der Waals surface area contributed by atoms with Gasteiger partial charge >= 0.3 is 6.03 Å². The van der Waals surface area contributed by atoms with E-state index in [1.54, 1.807) is 14.2 Å². The maximum atomic E-state index is 12.6. The van der Waals surface area contributed by atoms with E-state index >= 15 is 0 Å².